The Labute approximate surface area is 166 Å². The molecular weight excluding hydrogens is 386 g/mol. The van der Waals surface area contributed by atoms with Crippen LogP contribution in [0.4, 0.5) is 5.69 Å². The topological polar surface area (TPSA) is 68.0 Å². The number of nitrogens with one attached hydrogen (secondary N) is 1. The number of nitrogens with zero attached hydrogens (tertiary/aromatic N) is 1. The van der Waals surface area contributed by atoms with Crippen molar-refractivity contribution in [1.82, 2.24) is 10.3 Å². The van der Waals surface area contributed by atoms with Crippen molar-refractivity contribution in [1.29, 1.82) is 0 Å². The maximum Gasteiger partial charge on any atom is 0.221 e. The Balaban J connectivity index is 1.42. The molecule has 7 heteroatoms. The average Bonchev–Trinajstić information content (AvgIpc) is 3.12. The van der Waals surface area contributed by atoms with Gasteiger partial charge in [-0.15, -0.1) is 0 Å². The van der Waals surface area contributed by atoms with Gasteiger partial charge in [-0.25, -0.2) is 0 Å². The zero-order valence-electron chi connectivity index (χ0n) is 14.5. The number of nitrogen functional groups attached to an aromatic ring is 1. The first-order chi connectivity index (χ1) is 12.6. The highest BCUT2D eigenvalue weighted by molar-refractivity contribution is 8.77. The van der Waals surface area contributed by atoms with E-state index in [1.54, 1.807) is 0 Å². The molecule has 3 N–H and O–H groups in total. The first-order valence-corrected chi connectivity index (χ1v) is 11.8. The lowest BCUT2D eigenvalue weighted by Crippen LogP contribution is -2.33. The minimum absolute atomic E-state index is 0.175. The van der Waals surface area contributed by atoms with E-state index in [0.717, 1.165) is 60.3 Å². The van der Waals surface area contributed by atoms with Crippen molar-refractivity contribution in [2.24, 2.45) is 5.92 Å². The first kappa shape index (κ1) is 18.3. The van der Waals surface area contributed by atoms with Gasteiger partial charge in [-0.2, -0.15) is 0 Å². The molecule has 2 aliphatic rings. The van der Waals surface area contributed by atoms with Crippen molar-refractivity contribution in [2.75, 3.05) is 18.0 Å². The summed E-state index contributed by atoms with van der Waals surface area (Å²) in [4.78, 5) is 17.0. The van der Waals surface area contributed by atoms with Crippen LogP contribution in [0, 0.1) is 5.92 Å². The Hall–Kier alpha value is -1.11. The highest BCUT2D eigenvalue weighted by atomic mass is 35.5. The van der Waals surface area contributed by atoms with Gasteiger partial charge in [0, 0.05) is 45.8 Å². The van der Waals surface area contributed by atoms with Crippen LogP contribution in [0.25, 0.3) is 10.9 Å². The van der Waals surface area contributed by atoms with Crippen molar-refractivity contribution in [3.8, 4) is 0 Å². The van der Waals surface area contributed by atoms with E-state index in [-0.39, 0.29) is 5.91 Å². The molecule has 1 aliphatic carbocycles. The van der Waals surface area contributed by atoms with Crippen molar-refractivity contribution in [2.45, 2.75) is 37.4 Å². The molecule has 26 heavy (non-hydrogen) atoms. The van der Waals surface area contributed by atoms with Crippen LogP contribution >= 0.6 is 33.2 Å². The number of pyridine rings is 1. The van der Waals surface area contributed by atoms with Gasteiger partial charge in [0.25, 0.3) is 0 Å². The maximum atomic E-state index is 12.2. The fourth-order valence-corrected chi connectivity index (χ4v) is 6.81. The summed E-state index contributed by atoms with van der Waals surface area (Å²) < 4.78 is 0. The van der Waals surface area contributed by atoms with Gasteiger partial charge in [0.05, 0.1) is 5.52 Å². The Morgan fingerprint density at radius 2 is 2.27 bits per heavy atom. The molecule has 4 rings (SSSR count). The third kappa shape index (κ3) is 3.92. The molecule has 2 aromatic rings. The number of nitrogens with two attached hydrogens (primary N) is 1. The normalized spacial score (nSPS) is 22.3. The number of carbonyl (C=O) groups is 1. The summed E-state index contributed by atoms with van der Waals surface area (Å²) in [5.74, 6) is 1.75. The van der Waals surface area contributed by atoms with Gasteiger partial charge >= 0.3 is 0 Å². The smallest absolute Gasteiger partial charge is 0.221 e. The predicted octanol–water partition coefficient (Wildman–Crippen LogP) is 4.24. The Kier molecular flexibility index (Phi) is 5.53. The SMILES string of the molecule is Nc1c2c(nc3cc(Cl)ccc13)CC(CNC(=O)CC1CCSS1)CC2. The van der Waals surface area contributed by atoms with E-state index in [9.17, 15) is 4.79 Å². The molecule has 0 spiro atoms. The van der Waals surface area contributed by atoms with Crippen LogP contribution in [0.1, 0.15) is 30.5 Å². The molecule has 2 atom stereocenters. The number of carbonyl (C=O) groups excluding carboxylic acids is 1. The summed E-state index contributed by atoms with van der Waals surface area (Å²) in [7, 11) is 3.72. The molecule has 1 aromatic heterocycles. The molecule has 0 radical (unpaired) electrons. The van der Waals surface area contributed by atoms with Gasteiger partial charge in [-0.3, -0.25) is 9.78 Å². The van der Waals surface area contributed by atoms with Crippen molar-refractivity contribution < 1.29 is 4.79 Å². The number of benzene rings is 1. The van der Waals surface area contributed by atoms with Gasteiger partial charge in [-0.05, 0) is 55.4 Å². The quantitative estimate of drug-likeness (QED) is 0.742. The van der Waals surface area contributed by atoms with Gasteiger partial charge in [-0.1, -0.05) is 33.2 Å². The molecule has 1 amide bonds. The molecule has 1 aliphatic heterocycles. The number of rotatable bonds is 4. The molecule has 138 valence electrons. The second-order valence-electron chi connectivity index (χ2n) is 7.06. The van der Waals surface area contributed by atoms with Crippen molar-refractivity contribution in [3.63, 3.8) is 0 Å². The zero-order valence-corrected chi connectivity index (χ0v) is 16.9. The summed E-state index contributed by atoms with van der Waals surface area (Å²) in [6, 6.07) is 5.68. The molecule has 4 nitrogen and oxygen atoms in total. The van der Waals surface area contributed by atoms with E-state index in [0.29, 0.717) is 22.6 Å². The number of fused-ring (bicyclic) bond motifs is 2. The molecule has 2 heterocycles. The van der Waals surface area contributed by atoms with Crippen LogP contribution in [-0.2, 0) is 17.6 Å². The van der Waals surface area contributed by atoms with E-state index in [1.165, 1.54) is 5.56 Å². The zero-order chi connectivity index (χ0) is 18.1. The Bertz CT molecular complexity index is 839. The lowest BCUT2D eigenvalue weighted by Gasteiger charge is -2.26. The number of hydrogen-bond acceptors (Lipinski definition) is 5. The van der Waals surface area contributed by atoms with Gasteiger partial charge in [0.2, 0.25) is 5.91 Å². The number of amides is 1. The maximum absolute atomic E-state index is 12.2. The highest BCUT2D eigenvalue weighted by Crippen LogP contribution is 2.39. The lowest BCUT2D eigenvalue weighted by atomic mass is 9.85. The molecular formula is C19H22ClN3OS2. The monoisotopic (exact) mass is 407 g/mol. The minimum Gasteiger partial charge on any atom is -0.398 e. The molecule has 2 unspecified atom stereocenters. The van der Waals surface area contributed by atoms with E-state index in [4.69, 9.17) is 22.3 Å². The number of aromatic nitrogens is 1. The molecule has 1 fully saturated rings. The van der Waals surface area contributed by atoms with E-state index < -0.39 is 0 Å². The number of halogens is 1. The van der Waals surface area contributed by atoms with Crippen LogP contribution in [0.3, 0.4) is 0 Å². The van der Waals surface area contributed by atoms with E-state index in [2.05, 4.69) is 5.32 Å². The summed E-state index contributed by atoms with van der Waals surface area (Å²) in [5, 5.41) is 5.26. The van der Waals surface area contributed by atoms with Crippen LogP contribution in [0.15, 0.2) is 18.2 Å². The number of hydrogen-bond donors (Lipinski definition) is 2. The van der Waals surface area contributed by atoms with Crippen LogP contribution < -0.4 is 11.1 Å². The summed E-state index contributed by atoms with van der Waals surface area (Å²) >= 11 is 6.11. The first-order valence-electron chi connectivity index (χ1n) is 9.01. The third-order valence-corrected chi connectivity index (χ3v) is 8.36. The predicted molar refractivity (Wildman–Crippen MR) is 113 cm³/mol. The van der Waals surface area contributed by atoms with Crippen LogP contribution in [0.2, 0.25) is 5.02 Å². The van der Waals surface area contributed by atoms with Gasteiger partial charge in [0.1, 0.15) is 0 Å². The molecule has 1 saturated heterocycles. The second-order valence-corrected chi connectivity index (χ2v) is 10.3. The fraction of sp³-hybridized carbons (Fsp3) is 0.474. The Morgan fingerprint density at radius 3 is 3.08 bits per heavy atom. The van der Waals surface area contributed by atoms with Gasteiger partial charge in [0.15, 0.2) is 0 Å². The molecule has 1 aromatic carbocycles. The van der Waals surface area contributed by atoms with Crippen LogP contribution in [-0.4, -0.2) is 28.4 Å². The van der Waals surface area contributed by atoms with Crippen molar-refractivity contribution in [3.05, 3.63) is 34.5 Å². The highest BCUT2D eigenvalue weighted by Gasteiger charge is 2.24. The van der Waals surface area contributed by atoms with Crippen molar-refractivity contribution >= 4 is 55.7 Å². The summed E-state index contributed by atoms with van der Waals surface area (Å²) in [5.41, 5.74) is 10.3. The summed E-state index contributed by atoms with van der Waals surface area (Å²) in [6.07, 6.45) is 4.58. The number of anilines is 1. The van der Waals surface area contributed by atoms with Gasteiger partial charge < -0.3 is 11.1 Å². The fourth-order valence-electron chi connectivity index (χ4n) is 3.75. The minimum atomic E-state index is 0.175. The van der Waals surface area contributed by atoms with E-state index in [1.807, 2.05) is 39.8 Å². The van der Waals surface area contributed by atoms with Crippen LogP contribution in [0.5, 0.6) is 0 Å². The Morgan fingerprint density at radius 1 is 1.38 bits per heavy atom. The largest absolute Gasteiger partial charge is 0.398 e. The standard InChI is InChI=1S/C19H22ClN3OS2/c20-12-2-4-15-17(8-12)23-16-7-11(1-3-14(16)19(15)21)10-22-18(24)9-13-5-6-25-26-13/h2,4,8,11,13H,1,3,5-7,9-10H2,(H2,21,23)(H,22,24). The van der Waals surface area contributed by atoms with E-state index >= 15 is 0 Å². The lowest BCUT2D eigenvalue weighted by molar-refractivity contribution is -0.121. The third-order valence-electron chi connectivity index (χ3n) is 5.19. The molecule has 0 bridgehead atoms. The average molecular weight is 408 g/mol. The summed E-state index contributed by atoms with van der Waals surface area (Å²) in [6.45, 7) is 0.720. The molecule has 0 saturated carbocycles. The second kappa shape index (κ2) is 7.87.